The first-order chi connectivity index (χ1) is 16.5. The number of nitrogens with zero attached hydrogens (tertiary/aromatic N) is 1. The number of carbonyl (C=O) groups excluding carboxylic acids is 1. The van der Waals surface area contributed by atoms with Crippen LogP contribution < -0.4 is 15.4 Å². The molecule has 2 aromatic rings. The summed E-state index contributed by atoms with van der Waals surface area (Å²) in [7, 11) is 1.63. The highest BCUT2D eigenvalue weighted by Gasteiger charge is 2.50. The average Bonchev–Trinajstić information content (AvgIpc) is 2.82. The third-order valence-electron chi connectivity index (χ3n) is 8.33. The monoisotopic (exact) mass is 461 g/mol. The number of methoxy groups -OCH3 is 1. The normalized spacial score (nSPS) is 27.9. The minimum absolute atomic E-state index is 0.00322. The molecule has 4 aliphatic rings. The first kappa shape index (κ1) is 23.2. The maximum absolute atomic E-state index is 13.1. The Balaban J connectivity index is 1.22. The molecule has 0 saturated heterocycles. The highest BCUT2D eigenvalue weighted by atomic mass is 16.5. The molecule has 1 heterocycles. The quantitative estimate of drug-likeness (QED) is 0.455. The van der Waals surface area contributed by atoms with Crippen molar-refractivity contribution in [3.63, 3.8) is 0 Å². The summed E-state index contributed by atoms with van der Waals surface area (Å²) in [6.45, 7) is 2.18. The summed E-state index contributed by atoms with van der Waals surface area (Å²) in [5.74, 6) is 3.38. The van der Waals surface area contributed by atoms with Gasteiger partial charge in [0.05, 0.1) is 7.11 Å². The Morgan fingerprint density at radius 1 is 1.09 bits per heavy atom. The Labute approximate surface area is 204 Å². The summed E-state index contributed by atoms with van der Waals surface area (Å²) < 4.78 is 5.26. The SMILES string of the molecule is CCCC[C@@H](Cc1ccnc(OC)c1)NC(=O)c1ccc(NC23CC4CC(CC(C4)C2)C3)cc1. The smallest absolute Gasteiger partial charge is 0.251 e. The number of hydrogen-bond donors (Lipinski definition) is 2. The molecule has 4 bridgehead atoms. The molecule has 6 rings (SSSR count). The lowest BCUT2D eigenvalue weighted by atomic mass is 9.53. The van der Waals surface area contributed by atoms with Crippen LogP contribution in [0.2, 0.25) is 0 Å². The molecule has 5 nitrogen and oxygen atoms in total. The molecule has 5 heteroatoms. The number of anilines is 1. The van der Waals surface area contributed by atoms with Gasteiger partial charge in [0.1, 0.15) is 0 Å². The molecule has 0 unspecified atom stereocenters. The first-order valence-corrected chi connectivity index (χ1v) is 13.2. The van der Waals surface area contributed by atoms with Crippen LogP contribution in [0.3, 0.4) is 0 Å². The predicted octanol–water partition coefficient (Wildman–Crippen LogP) is 6.00. The van der Waals surface area contributed by atoms with Crippen molar-refractivity contribution in [3.05, 3.63) is 53.7 Å². The van der Waals surface area contributed by atoms with Crippen molar-refractivity contribution >= 4 is 11.6 Å². The second kappa shape index (κ2) is 9.97. The van der Waals surface area contributed by atoms with Gasteiger partial charge < -0.3 is 15.4 Å². The van der Waals surface area contributed by atoms with Gasteiger partial charge in [-0.25, -0.2) is 4.98 Å². The van der Waals surface area contributed by atoms with Crippen molar-refractivity contribution in [3.8, 4) is 5.88 Å². The van der Waals surface area contributed by atoms with E-state index in [1.807, 2.05) is 24.3 Å². The van der Waals surface area contributed by atoms with E-state index < -0.39 is 0 Å². The number of ether oxygens (including phenoxy) is 1. The number of unbranched alkanes of at least 4 members (excludes halogenated alkanes) is 1. The van der Waals surface area contributed by atoms with E-state index in [-0.39, 0.29) is 17.5 Å². The van der Waals surface area contributed by atoms with Crippen molar-refractivity contribution in [2.75, 3.05) is 12.4 Å². The molecule has 4 fully saturated rings. The number of carbonyl (C=O) groups is 1. The number of aromatic nitrogens is 1. The lowest BCUT2D eigenvalue weighted by Crippen LogP contribution is -2.54. The van der Waals surface area contributed by atoms with Gasteiger partial charge in [0, 0.05) is 35.1 Å². The van der Waals surface area contributed by atoms with Gasteiger partial charge >= 0.3 is 0 Å². The van der Waals surface area contributed by atoms with Gasteiger partial charge in [-0.2, -0.15) is 0 Å². The molecule has 1 atom stereocenters. The maximum atomic E-state index is 13.1. The molecule has 182 valence electrons. The number of pyridine rings is 1. The van der Waals surface area contributed by atoms with Gasteiger partial charge in [-0.05, 0) is 105 Å². The fourth-order valence-corrected chi connectivity index (χ4v) is 7.19. The fraction of sp³-hybridized carbons (Fsp3) is 0.586. The van der Waals surface area contributed by atoms with Crippen molar-refractivity contribution in [2.24, 2.45) is 17.8 Å². The van der Waals surface area contributed by atoms with Crippen LogP contribution >= 0.6 is 0 Å². The molecule has 1 aromatic heterocycles. The molecule has 2 N–H and O–H groups in total. The average molecular weight is 462 g/mol. The molecule has 4 saturated carbocycles. The molecule has 1 aromatic carbocycles. The third kappa shape index (κ3) is 5.24. The second-order valence-electron chi connectivity index (χ2n) is 11.1. The summed E-state index contributed by atoms with van der Waals surface area (Å²) >= 11 is 0. The number of benzene rings is 1. The summed E-state index contributed by atoms with van der Waals surface area (Å²) in [6.07, 6.45) is 14.0. The van der Waals surface area contributed by atoms with Crippen LogP contribution in [0.15, 0.2) is 42.6 Å². The highest BCUT2D eigenvalue weighted by Crippen LogP contribution is 2.56. The minimum Gasteiger partial charge on any atom is -0.481 e. The van der Waals surface area contributed by atoms with Gasteiger partial charge in [-0.3, -0.25) is 4.79 Å². The van der Waals surface area contributed by atoms with E-state index in [2.05, 4.69) is 34.7 Å². The van der Waals surface area contributed by atoms with Crippen LogP contribution in [0.5, 0.6) is 5.88 Å². The van der Waals surface area contributed by atoms with Gasteiger partial charge in [-0.1, -0.05) is 19.8 Å². The van der Waals surface area contributed by atoms with Crippen LogP contribution in [0.4, 0.5) is 5.69 Å². The van der Waals surface area contributed by atoms with Gasteiger partial charge in [-0.15, -0.1) is 0 Å². The molecule has 0 aliphatic heterocycles. The molecular weight excluding hydrogens is 422 g/mol. The summed E-state index contributed by atoms with van der Waals surface area (Å²) in [6, 6.07) is 12.2. The molecule has 0 radical (unpaired) electrons. The molecule has 1 amide bonds. The summed E-state index contributed by atoms with van der Waals surface area (Å²) in [5.41, 5.74) is 3.30. The lowest BCUT2D eigenvalue weighted by Gasteiger charge is -2.57. The van der Waals surface area contributed by atoms with E-state index in [0.717, 1.165) is 60.3 Å². The minimum atomic E-state index is 0.00322. The van der Waals surface area contributed by atoms with E-state index in [9.17, 15) is 4.79 Å². The van der Waals surface area contributed by atoms with Crippen molar-refractivity contribution < 1.29 is 9.53 Å². The van der Waals surface area contributed by atoms with E-state index >= 15 is 0 Å². The maximum Gasteiger partial charge on any atom is 0.251 e. The molecular formula is C29H39N3O2. The van der Waals surface area contributed by atoms with Crippen LogP contribution in [0.25, 0.3) is 0 Å². The van der Waals surface area contributed by atoms with Gasteiger partial charge in [0.2, 0.25) is 5.88 Å². The highest BCUT2D eigenvalue weighted by molar-refractivity contribution is 5.94. The third-order valence-corrected chi connectivity index (χ3v) is 8.33. The lowest BCUT2D eigenvalue weighted by molar-refractivity contribution is 0.0107. The zero-order valence-electron chi connectivity index (χ0n) is 20.7. The van der Waals surface area contributed by atoms with Crippen molar-refractivity contribution in [2.45, 2.75) is 82.7 Å². The molecule has 4 aliphatic carbocycles. The number of nitrogens with one attached hydrogen (secondary N) is 2. The Morgan fingerprint density at radius 3 is 2.38 bits per heavy atom. The van der Waals surface area contributed by atoms with Crippen molar-refractivity contribution in [1.29, 1.82) is 0 Å². The zero-order valence-corrected chi connectivity index (χ0v) is 20.7. The molecule has 0 spiro atoms. The van der Waals surface area contributed by atoms with Crippen LogP contribution in [0.1, 0.15) is 80.6 Å². The number of hydrogen-bond acceptors (Lipinski definition) is 4. The van der Waals surface area contributed by atoms with Crippen LogP contribution in [0, 0.1) is 17.8 Å². The van der Waals surface area contributed by atoms with Gasteiger partial charge in [0.25, 0.3) is 5.91 Å². The van der Waals surface area contributed by atoms with Crippen LogP contribution in [-0.4, -0.2) is 29.6 Å². The Kier molecular flexibility index (Phi) is 6.80. The van der Waals surface area contributed by atoms with E-state index in [1.54, 1.807) is 13.3 Å². The van der Waals surface area contributed by atoms with E-state index in [0.29, 0.717) is 5.88 Å². The Morgan fingerprint density at radius 2 is 1.76 bits per heavy atom. The summed E-state index contributed by atoms with van der Waals surface area (Å²) in [5, 5.41) is 7.19. The number of amides is 1. The topological polar surface area (TPSA) is 63.2 Å². The van der Waals surface area contributed by atoms with Crippen molar-refractivity contribution in [1.82, 2.24) is 10.3 Å². The predicted molar refractivity (Wildman–Crippen MR) is 136 cm³/mol. The zero-order chi connectivity index (χ0) is 23.5. The first-order valence-electron chi connectivity index (χ1n) is 13.2. The summed E-state index contributed by atoms with van der Waals surface area (Å²) in [4.78, 5) is 17.3. The second-order valence-corrected chi connectivity index (χ2v) is 11.1. The standard InChI is InChI=1S/C29H39N3O2/c1-3-4-5-26(15-20-10-11-30-27(16-20)34-2)31-28(33)24-6-8-25(9-7-24)32-29-17-21-12-22(18-29)14-23(13-21)19-29/h6-11,16,21-23,26,32H,3-5,12-15,17-19H2,1-2H3,(H,31,33)/t21?,22?,23?,26-,29?/m0/s1. The largest absolute Gasteiger partial charge is 0.481 e. The van der Waals surface area contributed by atoms with Gasteiger partial charge in [0.15, 0.2) is 0 Å². The molecule has 34 heavy (non-hydrogen) atoms. The van der Waals surface area contributed by atoms with Crippen LogP contribution in [-0.2, 0) is 6.42 Å². The van der Waals surface area contributed by atoms with E-state index in [4.69, 9.17) is 4.74 Å². The van der Waals surface area contributed by atoms with E-state index in [1.165, 1.54) is 38.5 Å². The Hall–Kier alpha value is -2.56. The Bertz CT molecular complexity index is 952. The number of rotatable bonds is 10. The fourth-order valence-electron chi connectivity index (χ4n) is 7.19.